The van der Waals surface area contributed by atoms with Gasteiger partial charge < -0.3 is 9.64 Å². The van der Waals surface area contributed by atoms with Crippen LogP contribution in [0.15, 0.2) is 54.1 Å². The Hall–Kier alpha value is -3.04. The second-order valence-electron chi connectivity index (χ2n) is 7.50. The number of rotatable bonds is 4. The standard InChI is InChI=1S/C22H23N3O5S/c1-31(28,29)25-15-19(16-6-3-2-4-7-16)21(26)18(22(25)27)14-17-8-5-9-20(23-17)24-10-12-30-13-11-24/h2-9,14,19H,10-13,15H2,1H3. The number of hydrogen-bond acceptors (Lipinski definition) is 7. The number of pyridine rings is 1. The third kappa shape index (κ3) is 4.52. The van der Waals surface area contributed by atoms with Crippen molar-refractivity contribution in [2.75, 3.05) is 44.0 Å². The van der Waals surface area contributed by atoms with Gasteiger partial charge in [0.2, 0.25) is 10.0 Å². The summed E-state index contributed by atoms with van der Waals surface area (Å²) in [5, 5.41) is 0. The number of carbonyl (C=O) groups excluding carboxylic acids is 2. The fourth-order valence-corrected chi connectivity index (χ4v) is 4.58. The van der Waals surface area contributed by atoms with Crippen LogP contribution in [0, 0.1) is 0 Å². The summed E-state index contributed by atoms with van der Waals surface area (Å²) in [5.74, 6) is -1.27. The lowest BCUT2D eigenvalue weighted by Crippen LogP contribution is -2.48. The summed E-state index contributed by atoms with van der Waals surface area (Å²) in [6.07, 6.45) is 2.36. The van der Waals surface area contributed by atoms with E-state index < -0.39 is 27.6 Å². The first-order chi connectivity index (χ1) is 14.8. The van der Waals surface area contributed by atoms with Gasteiger partial charge in [-0.25, -0.2) is 17.7 Å². The molecule has 0 spiro atoms. The van der Waals surface area contributed by atoms with Gasteiger partial charge in [0.25, 0.3) is 5.91 Å². The molecule has 0 N–H and O–H groups in total. The van der Waals surface area contributed by atoms with Crippen molar-refractivity contribution in [1.29, 1.82) is 0 Å². The van der Waals surface area contributed by atoms with Crippen LogP contribution in [0.5, 0.6) is 0 Å². The number of piperidine rings is 1. The molecule has 2 fully saturated rings. The van der Waals surface area contributed by atoms with Crippen LogP contribution in [-0.2, 0) is 24.3 Å². The van der Waals surface area contributed by atoms with E-state index in [1.165, 1.54) is 6.08 Å². The topological polar surface area (TPSA) is 96.9 Å². The van der Waals surface area contributed by atoms with Gasteiger partial charge in [0, 0.05) is 13.1 Å². The molecule has 1 aromatic carbocycles. The maximum Gasteiger partial charge on any atom is 0.271 e. The summed E-state index contributed by atoms with van der Waals surface area (Å²) in [5.41, 5.74) is 0.898. The van der Waals surface area contributed by atoms with Gasteiger partial charge in [-0.2, -0.15) is 0 Å². The van der Waals surface area contributed by atoms with Crippen LogP contribution < -0.4 is 4.90 Å². The van der Waals surface area contributed by atoms with Gasteiger partial charge in [-0.3, -0.25) is 9.59 Å². The van der Waals surface area contributed by atoms with Crippen molar-refractivity contribution in [3.8, 4) is 0 Å². The fourth-order valence-electron chi connectivity index (χ4n) is 3.76. The third-order valence-electron chi connectivity index (χ3n) is 5.37. The first-order valence-corrected chi connectivity index (χ1v) is 11.8. The minimum Gasteiger partial charge on any atom is -0.378 e. The van der Waals surface area contributed by atoms with Crippen molar-refractivity contribution in [3.63, 3.8) is 0 Å². The Morgan fingerprint density at radius 3 is 2.42 bits per heavy atom. The van der Waals surface area contributed by atoms with E-state index in [1.54, 1.807) is 36.4 Å². The Labute approximate surface area is 181 Å². The van der Waals surface area contributed by atoms with Crippen molar-refractivity contribution >= 4 is 33.6 Å². The summed E-state index contributed by atoms with van der Waals surface area (Å²) in [6.45, 7) is 2.39. The zero-order chi connectivity index (χ0) is 22.0. The number of anilines is 1. The number of ketones is 1. The summed E-state index contributed by atoms with van der Waals surface area (Å²) >= 11 is 0. The highest BCUT2D eigenvalue weighted by molar-refractivity contribution is 7.88. The van der Waals surface area contributed by atoms with Crippen LogP contribution in [-0.4, -0.2) is 68.5 Å². The number of aromatic nitrogens is 1. The molecule has 8 nitrogen and oxygen atoms in total. The molecule has 162 valence electrons. The van der Waals surface area contributed by atoms with E-state index in [0.29, 0.717) is 43.4 Å². The molecule has 2 aliphatic heterocycles. The van der Waals surface area contributed by atoms with Crippen LogP contribution in [0.2, 0.25) is 0 Å². The van der Waals surface area contributed by atoms with Crippen LogP contribution in [0.3, 0.4) is 0 Å². The van der Waals surface area contributed by atoms with Crippen molar-refractivity contribution in [3.05, 3.63) is 65.4 Å². The van der Waals surface area contributed by atoms with Gasteiger partial charge in [0.15, 0.2) is 5.78 Å². The molecule has 1 amide bonds. The minimum atomic E-state index is -3.84. The predicted molar refractivity (Wildman–Crippen MR) is 116 cm³/mol. The van der Waals surface area contributed by atoms with E-state index >= 15 is 0 Å². The van der Waals surface area contributed by atoms with Gasteiger partial charge >= 0.3 is 0 Å². The summed E-state index contributed by atoms with van der Waals surface area (Å²) in [7, 11) is -3.84. The van der Waals surface area contributed by atoms with Gasteiger partial charge in [-0.15, -0.1) is 0 Å². The van der Waals surface area contributed by atoms with Crippen LogP contribution in [0.25, 0.3) is 6.08 Å². The first-order valence-electron chi connectivity index (χ1n) is 9.97. The first kappa shape index (κ1) is 21.2. The molecule has 1 aromatic heterocycles. The molecule has 1 atom stereocenters. The number of amides is 1. The lowest BCUT2D eigenvalue weighted by Gasteiger charge is -2.31. The maximum atomic E-state index is 13.2. The quantitative estimate of drug-likeness (QED) is 0.523. The number of ether oxygens (including phenoxy) is 1. The van der Waals surface area contributed by atoms with Gasteiger partial charge in [-0.05, 0) is 23.8 Å². The highest BCUT2D eigenvalue weighted by atomic mass is 32.2. The molecule has 0 radical (unpaired) electrons. The monoisotopic (exact) mass is 441 g/mol. The summed E-state index contributed by atoms with van der Waals surface area (Å²) in [4.78, 5) is 32.8. The second-order valence-corrected chi connectivity index (χ2v) is 9.41. The molecule has 1 unspecified atom stereocenters. The Kier molecular flexibility index (Phi) is 5.88. The molecule has 3 heterocycles. The molecule has 0 saturated carbocycles. The van der Waals surface area contributed by atoms with Crippen molar-refractivity contribution in [1.82, 2.24) is 9.29 Å². The van der Waals surface area contributed by atoms with Crippen LogP contribution in [0.1, 0.15) is 17.2 Å². The molecule has 4 rings (SSSR count). The predicted octanol–water partition coefficient (Wildman–Crippen LogP) is 1.46. The number of nitrogens with zero attached hydrogens (tertiary/aromatic N) is 3. The van der Waals surface area contributed by atoms with Crippen molar-refractivity contribution in [2.24, 2.45) is 0 Å². The molecule has 2 saturated heterocycles. The zero-order valence-electron chi connectivity index (χ0n) is 17.1. The van der Waals surface area contributed by atoms with Gasteiger partial charge in [-0.1, -0.05) is 36.4 Å². The van der Waals surface area contributed by atoms with Crippen molar-refractivity contribution < 1.29 is 22.7 Å². The summed E-state index contributed by atoms with van der Waals surface area (Å²) < 4.78 is 30.7. The minimum absolute atomic E-state index is 0.183. The number of morpholine rings is 1. The fraction of sp³-hybridized carbons (Fsp3) is 0.318. The Morgan fingerprint density at radius 2 is 1.74 bits per heavy atom. The number of carbonyl (C=O) groups is 2. The van der Waals surface area contributed by atoms with E-state index in [1.807, 2.05) is 12.1 Å². The van der Waals surface area contributed by atoms with Crippen LogP contribution in [0.4, 0.5) is 5.82 Å². The van der Waals surface area contributed by atoms with E-state index in [2.05, 4.69) is 9.88 Å². The van der Waals surface area contributed by atoms with Crippen molar-refractivity contribution in [2.45, 2.75) is 5.92 Å². The van der Waals surface area contributed by atoms with Gasteiger partial charge in [0.05, 0.1) is 43.2 Å². The SMILES string of the molecule is CS(=O)(=O)N1CC(c2ccccc2)C(=O)C(=Cc2cccc(N3CCOCC3)n2)C1=O. The number of sulfonamides is 1. The molecular weight excluding hydrogens is 418 g/mol. The van der Waals surface area contributed by atoms with E-state index in [4.69, 9.17) is 4.74 Å². The summed E-state index contributed by atoms with van der Waals surface area (Å²) in [6, 6.07) is 14.2. The molecule has 2 aromatic rings. The zero-order valence-corrected chi connectivity index (χ0v) is 17.9. The van der Waals surface area contributed by atoms with Crippen LogP contribution >= 0.6 is 0 Å². The molecule has 31 heavy (non-hydrogen) atoms. The maximum absolute atomic E-state index is 13.2. The number of Topliss-reactive ketones (excluding diaryl/α,β-unsaturated/α-hetero) is 1. The van der Waals surface area contributed by atoms with E-state index in [0.717, 1.165) is 10.6 Å². The normalized spacial score (nSPS) is 21.6. The van der Waals surface area contributed by atoms with Gasteiger partial charge in [0.1, 0.15) is 5.82 Å². The number of benzene rings is 1. The third-order valence-corrected chi connectivity index (χ3v) is 6.49. The lowest BCUT2D eigenvalue weighted by molar-refractivity contribution is -0.130. The largest absolute Gasteiger partial charge is 0.378 e. The second kappa shape index (κ2) is 8.60. The average molecular weight is 442 g/mol. The Balaban J connectivity index is 1.73. The molecular formula is C22H23N3O5S. The average Bonchev–Trinajstić information content (AvgIpc) is 2.77. The highest BCUT2D eigenvalue weighted by Gasteiger charge is 2.41. The lowest BCUT2D eigenvalue weighted by atomic mass is 9.86. The number of hydrogen-bond donors (Lipinski definition) is 0. The molecule has 2 aliphatic rings. The van der Waals surface area contributed by atoms with E-state index in [9.17, 15) is 18.0 Å². The Bertz CT molecular complexity index is 1120. The van der Waals surface area contributed by atoms with E-state index in [-0.39, 0.29) is 12.1 Å². The molecule has 9 heteroatoms. The molecule has 0 bridgehead atoms. The Morgan fingerprint density at radius 1 is 1.03 bits per heavy atom. The molecule has 0 aliphatic carbocycles. The highest BCUT2D eigenvalue weighted by Crippen LogP contribution is 2.30. The smallest absolute Gasteiger partial charge is 0.271 e.